The number of aromatic nitrogens is 1. The van der Waals surface area contributed by atoms with Crippen LogP contribution in [0.2, 0.25) is 0 Å². The smallest absolute Gasteiger partial charge is 0.316 e. The van der Waals surface area contributed by atoms with Gasteiger partial charge in [-0.25, -0.2) is 0 Å². The predicted molar refractivity (Wildman–Crippen MR) is 54.1 cm³/mol. The van der Waals surface area contributed by atoms with E-state index in [1.165, 1.54) is 14.0 Å². The Hall–Kier alpha value is -1.71. The van der Waals surface area contributed by atoms with Crippen LogP contribution in [0.25, 0.3) is 0 Å². The van der Waals surface area contributed by atoms with Gasteiger partial charge < -0.3 is 4.74 Å². The van der Waals surface area contributed by atoms with Gasteiger partial charge in [-0.05, 0) is 25.0 Å². The van der Waals surface area contributed by atoms with Crippen LogP contribution in [-0.2, 0) is 20.7 Å². The third kappa shape index (κ3) is 3.16. The Morgan fingerprint density at radius 3 is 2.73 bits per heavy atom. The molecule has 1 atom stereocenters. The molecule has 0 aliphatic rings. The van der Waals surface area contributed by atoms with Crippen molar-refractivity contribution in [1.82, 2.24) is 4.98 Å². The number of Topliss-reactive ketones (excluding diaryl/α,β-unsaturated/α-hetero) is 1. The second-order valence-electron chi connectivity index (χ2n) is 3.25. The van der Waals surface area contributed by atoms with Crippen molar-refractivity contribution in [2.75, 3.05) is 7.11 Å². The van der Waals surface area contributed by atoms with Crippen molar-refractivity contribution in [1.29, 1.82) is 0 Å². The van der Waals surface area contributed by atoms with Gasteiger partial charge in [-0.15, -0.1) is 0 Å². The number of hydrogen-bond acceptors (Lipinski definition) is 4. The SMILES string of the molecule is COC(=O)C(Cc1cccnc1)C(C)=O. The highest BCUT2D eigenvalue weighted by molar-refractivity contribution is 5.97. The van der Waals surface area contributed by atoms with Gasteiger partial charge in [0.2, 0.25) is 0 Å². The molecular weight excluding hydrogens is 194 g/mol. The fraction of sp³-hybridized carbons (Fsp3) is 0.364. The molecule has 0 N–H and O–H groups in total. The van der Waals surface area contributed by atoms with Gasteiger partial charge in [0.1, 0.15) is 11.7 Å². The third-order valence-corrected chi connectivity index (χ3v) is 2.14. The second kappa shape index (κ2) is 5.24. The summed E-state index contributed by atoms with van der Waals surface area (Å²) in [5.41, 5.74) is 0.850. The first kappa shape index (κ1) is 11.4. The minimum atomic E-state index is -0.723. The lowest BCUT2D eigenvalue weighted by molar-refractivity contribution is -0.148. The standard InChI is InChI=1S/C11H13NO3/c1-8(13)10(11(14)15-2)6-9-4-3-5-12-7-9/h3-5,7,10H,6H2,1-2H3. The summed E-state index contributed by atoms with van der Waals surface area (Å²) in [6, 6.07) is 3.59. The number of rotatable bonds is 4. The quantitative estimate of drug-likeness (QED) is 0.546. The summed E-state index contributed by atoms with van der Waals surface area (Å²) < 4.78 is 4.57. The van der Waals surface area contributed by atoms with Crippen molar-refractivity contribution >= 4 is 11.8 Å². The second-order valence-corrected chi connectivity index (χ2v) is 3.25. The number of pyridine rings is 1. The maximum absolute atomic E-state index is 11.3. The number of carbonyl (C=O) groups excluding carboxylic acids is 2. The van der Waals surface area contributed by atoms with Gasteiger partial charge in [0, 0.05) is 12.4 Å². The normalized spacial score (nSPS) is 11.9. The summed E-state index contributed by atoms with van der Waals surface area (Å²) in [5.74, 6) is -1.41. The average Bonchev–Trinajstić information content (AvgIpc) is 2.26. The molecular formula is C11H13NO3. The first-order valence-electron chi connectivity index (χ1n) is 4.62. The lowest BCUT2D eigenvalue weighted by Crippen LogP contribution is -2.25. The largest absolute Gasteiger partial charge is 0.468 e. The summed E-state index contributed by atoms with van der Waals surface area (Å²) in [5, 5.41) is 0. The maximum Gasteiger partial charge on any atom is 0.316 e. The van der Waals surface area contributed by atoms with Gasteiger partial charge in [-0.2, -0.15) is 0 Å². The molecule has 4 nitrogen and oxygen atoms in total. The van der Waals surface area contributed by atoms with E-state index >= 15 is 0 Å². The van der Waals surface area contributed by atoms with Crippen LogP contribution in [0.15, 0.2) is 24.5 Å². The van der Waals surface area contributed by atoms with Crippen LogP contribution in [0, 0.1) is 5.92 Å². The summed E-state index contributed by atoms with van der Waals surface area (Å²) in [4.78, 5) is 26.4. The zero-order valence-electron chi connectivity index (χ0n) is 8.77. The van der Waals surface area contributed by atoms with E-state index in [9.17, 15) is 9.59 Å². The minimum absolute atomic E-state index is 0.189. The Morgan fingerprint density at radius 2 is 2.27 bits per heavy atom. The van der Waals surface area contributed by atoms with Crippen LogP contribution in [0.4, 0.5) is 0 Å². The first-order chi connectivity index (χ1) is 7.15. The van der Waals surface area contributed by atoms with Gasteiger partial charge >= 0.3 is 5.97 Å². The van der Waals surface area contributed by atoms with Crippen molar-refractivity contribution in [2.45, 2.75) is 13.3 Å². The van der Waals surface area contributed by atoms with Gasteiger partial charge in [-0.1, -0.05) is 6.07 Å². The van der Waals surface area contributed by atoms with E-state index in [1.807, 2.05) is 6.07 Å². The third-order valence-electron chi connectivity index (χ3n) is 2.14. The topological polar surface area (TPSA) is 56.3 Å². The Labute approximate surface area is 88.3 Å². The molecule has 1 aromatic heterocycles. The Morgan fingerprint density at radius 1 is 1.53 bits per heavy atom. The first-order valence-corrected chi connectivity index (χ1v) is 4.62. The molecule has 0 amide bonds. The molecule has 0 saturated heterocycles. The van der Waals surface area contributed by atoms with Gasteiger partial charge in [0.25, 0.3) is 0 Å². The van der Waals surface area contributed by atoms with Gasteiger partial charge in [0.15, 0.2) is 0 Å². The van der Waals surface area contributed by atoms with Crippen molar-refractivity contribution in [3.8, 4) is 0 Å². The van der Waals surface area contributed by atoms with Crippen molar-refractivity contribution < 1.29 is 14.3 Å². The van der Waals surface area contributed by atoms with Gasteiger partial charge in [-0.3, -0.25) is 14.6 Å². The number of hydrogen-bond donors (Lipinski definition) is 0. The molecule has 0 aliphatic heterocycles. The molecule has 0 radical (unpaired) electrons. The number of nitrogens with zero attached hydrogens (tertiary/aromatic N) is 1. The monoisotopic (exact) mass is 207 g/mol. The van der Waals surface area contributed by atoms with Crippen molar-refractivity contribution in [3.63, 3.8) is 0 Å². The predicted octanol–water partition coefficient (Wildman–Crippen LogP) is 1.00. The van der Waals surface area contributed by atoms with E-state index in [2.05, 4.69) is 9.72 Å². The number of methoxy groups -OCH3 is 1. The van der Waals surface area contributed by atoms with E-state index in [0.717, 1.165) is 5.56 Å². The molecule has 80 valence electrons. The van der Waals surface area contributed by atoms with Crippen LogP contribution in [0.5, 0.6) is 0 Å². The summed E-state index contributed by atoms with van der Waals surface area (Å²) in [6.07, 6.45) is 3.62. The zero-order chi connectivity index (χ0) is 11.3. The van der Waals surface area contributed by atoms with Crippen LogP contribution in [-0.4, -0.2) is 23.8 Å². The molecule has 1 unspecified atom stereocenters. The van der Waals surface area contributed by atoms with E-state index < -0.39 is 11.9 Å². The molecule has 1 rings (SSSR count). The van der Waals surface area contributed by atoms with Crippen LogP contribution >= 0.6 is 0 Å². The molecule has 15 heavy (non-hydrogen) atoms. The van der Waals surface area contributed by atoms with E-state index in [4.69, 9.17) is 0 Å². The van der Waals surface area contributed by atoms with Crippen molar-refractivity contribution in [3.05, 3.63) is 30.1 Å². The summed E-state index contributed by atoms with van der Waals surface area (Å²) in [7, 11) is 1.28. The zero-order valence-corrected chi connectivity index (χ0v) is 8.77. The van der Waals surface area contributed by atoms with Gasteiger partial charge in [0.05, 0.1) is 7.11 Å². The summed E-state index contributed by atoms with van der Waals surface area (Å²) in [6.45, 7) is 1.39. The minimum Gasteiger partial charge on any atom is -0.468 e. The highest BCUT2D eigenvalue weighted by Gasteiger charge is 2.24. The van der Waals surface area contributed by atoms with E-state index in [1.54, 1.807) is 18.5 Å². The van der Waals surface area contributed by atoms with E-state index in [-0.39, 0.29) is 5.78 Å². The molecule has 1 aromatic rings. The number of esters is 1. The van der Waals surface area contributed by atoms with Crippen LogP contribution < -0.4 is 0 Å². The Bertz CT molecular complexity index is 348. The molecule has 4 heteroatoms. The van der Waals surface area contributed by atoms with Crippen LogP contribution in [0.3, 0.4) is 0 Å². The number of ether oxygens (including phenoxy) is 1. The average molecular weight is 207 g/mol. The lowest BCUT2D eigenvalue weighted by atomic mass is 9.97. The number of ketones is 1. The van der Waals surface area contributed by atoms with Crippen LogP contribution in [0.1, 0.15) is 12.5 Å². The molecule has 0 spiro atoms. The Kier molecular flexibility index (Phi) is 3.97. The molecule has 0 saturated carbocycles. The molecule has 0 aromatic carbocycles. The van der Waals surface area contributed by atoms with Crippen molar-refractivity contribution in [2.24, 2.45) is 5.92 Å². The summed E-state index contributed by atoms with van der Waals surface area (Å²) >= 11 is 0. The molecule has 0 bridgehead atoms. The fourth-order valence-corrected chi connectivity index (χ4v) is 1.29. The highest BCUT2D eigenvalue weighted by Crippen LogP contribution is 2.10. The lowest BCUT2D eigenvalue weighted by Gasteiger charge is -2.10. The Balaban J connectivity index is 2.76. The van der Waals surface area contributed by atoms with E-state index in [0.29, 0.717) is 6.42 Å². The molecule has 1 heterocycles. The number of carbonyl (C=O) groups is 2. The maximum atomic E-state index is 11.3. The highest BCUT2D eigenvalue weighted by atomic mass is 16.5. The molecule has 0 fully saturated rings. The molecule has 0 aliphatic carbocycles. The fourth-order valence-electron chi connectivity index (χ4n) is 1.29.